The van der Waals surface area contributed by atoms with Crippen molar-refractivity contribution in [1.29, 1.82) is 0 Å². The van der Waals surface area contributed by atoms with Crippen molar-refractivity contribution in [3.05, 3.63) is 18.2 Å². The summed E-state index contributed by atoms with van der Waals surface area (Å²) in [6, 6.07) is 0.218. The third-order valence-electron chi connectivity index (χ3n) is 5.00. The minimum atomic E-state index is 0.212. The average Bonchev–Trinajstić information content (AvgIpc) is 3.22. The van der Waals surface area contributed by atoms with Crippen LogP contribution in [0.3, 0.4) is 0 Å². The van der Waals surface area contributed by atoms with Gasteiger partial charge < -0.3 is 19.5 Å². The van der Waals surface area contributed by atoms with Crippen LogP contribution in [-0.2, 0) is 9.53 Å². The number of piperazine rings is 1. The second-order valence-electron chi connectivity index (χ2n) is 6.51. The summed E-state index contributed by atoms with van der Waals surface area (Å²) in [6.45, 7) is 5.25. The van der Waals surface area contributed by atoms with E-state index in [4.69, 9.17) is 4.74 Å². The summed E-state index contributed by atoms with van der Waals surface area (Å²) in [4.78, 5) is 26.6. The zero-order chi connectivity index (χ0) is 16.2. The van der Waals surface area contributed by atoms with E-state index < -0.39 is 0 Å². The van der Waals surface area contributed by atoms with Crippen LogP contribution in [0.1, 0.15) is 24.7 Å². The maximum Gasteiger partial charge on any atom is 0.223 e. The molecule has 3 heterocycles. The summed E-state index contributed by atoms with van der Waals surface area (Å²) in [5.41, 5.74) is 0. The highest BCUT2D eigenvalue weighted by atomic mass is 16.5. The number of likely N-dealkylation sites (N-methyl/N-ethyl adjacent to an activating group) is 1. The lowest BCUT2D eigenvalue weighted by atomic mass is 10.2. The molecule has 1 amide bonds. The maximum atomic E-state index is 12.4. The van der Waals surface area contributed by atoms with Gasteiger partial charge in [-0.15, -0.1) is 0 Å². The molecule has 2 atom stereocenters. The van der Waals surface area contributed by atoms with Crippen LogP contribution in [0.5, 0.6) is 0 Å². The molecule has 2 aliphatic rings. The number of imidazole rings is 1. The number of methoxy groups -OCH3 is 1. The van der Waals surface area contributed by atoms with Gasteiger partial charge in [-0.05, 0) is 13.5 Å². The van der Waals surface area contributed by atoms with E-state index in [0.29, 0.717) is 6.42 Å². The van der Waals surface area contributed by atoms with Gasteiger partial charge in [0.15, 0.2) is 0 Å². The van der Waals surface area contributed by atoms with Crippen LogP contribution in [-0.4, -0.2) is 90.1 Å². The lowest BCUT2D eigenvalue weighted by molar-refractivity contribution is -0.133. The molecule has 128 valence electrons. The van der Waals surface area contributed by atoms with Gasteiger partial charge in [-0.2, -0.15) is 0 Å². The largest absolute Gasteiger partial charge is 0.380 e. The smallest absolute Gasteiger partial charge is 0.223 e. The average molecular weight is 321 g/mol. The fourth-order valence-corrected chi connectivity index (χ4v) is 3.48. The predicted octanol–water partition coefficient (Wildman–Crippen LogP) is 0.336. The molecule has 7 heteroatoms. The number of rotatable bonds is 5. The molecule has 0 aromatic carbocycles. The first kappa shape index (κ1) is 16.4. The summed E-state index contributed by atoms with van der Waals surface area (Å²) in [5.74, 6) is 1.23. The lowest BCUT2D eigenvalue weighted by Gasteiger charge is -2.33. The van der Waals surface area contributed by atoms with Crippen LogP contribution in [0, 0.1) is 0 Å². The van der Waals surface area contributed by atoms with Crippen LogP contribution < -0.4 is 0 Å². The van der Waals surface area contributed by atoms with Gasteiger partial charge >= 0.3 is 0 Å². The zero-order valence-corrected chi connectivity index (χ0v) is 14.1. The zero-order valence-electron chi connectivity index (χ0n) is 14.1. The molecule has 1 unspecified atom stereocenters. The molecule has 1 N–H and O–H groups in total. The predicted molar refractivity (Wildman–Crippen MR) is 87.0 cm³/mol. The normalized spacial score (nSPS) is 26.8. The molecule has 0 aliphatic carbocycles. The third kappa shape index (κ3) is 3.91. The lowest BCUT2D eigenvalue weighted by Crippen LogP contribution is -2.47. The number of amides is 1. The highest BCUT2D eigenvalue weighted by Crippen LogP contribution is 2.31. The topological polar surface area (TPSA) is 64.7 Å². The van der Waals surface area contributed by atoms with E-state index in [9.17, 15) is 4.79 Å². The van der Waals surface area contributed by atoms with Crippen LogP contribution in [0.4, 0.5) is 0 Å². The molecule has 1 aromatic rings. The Labute approximate surface area is 137 Å². The number of aromatic nitrogens is 2. The Hall–Kier alpha value is -1.44. The van der Waals surface area contributed by atoms with E-state index in [-0.39, 0.29) is 18.1 Å². The van der Waals surface area contributed by atoms with E-state index in [1.54, 1.807) is 13.3 Å². The van der Waals surface area contributed by atoms with Gasteiger partial charge in [0.2, 0.25) is 5.91 Å². The Morgan fingerprint density at radius 3 is 2.83 bits per heavy atom. The van der Waals surface area contributed by atoms with Crippen molar-refractivity contribution in [2.75, 3.05) is 53.4 Å². The molecular weight excluding hydrogens is 294 g/mol. The number of hydrogen-bond acceptors (Lipinski definition) is 5. The highest BCUT2D eigenvalue weighted by Gasteiger charge is 2.35. The molecule has 2 saturated heterocycles. The van der Waals surface area contributed by atoms with E-state index in [0.717, 1.165) is 51.5 Å². The quantitative estimate of drug-likeness (QED) is 0.847. The molecule has 2 aliphatic heterocycles. The van der Waals surface area contributed by atoms with Crippen molar-refractivity contribution in [2.24, 2.45) is 0 Å². The Morgan fingerprint density at radius 1 is 1.39 bits per heavy atom. The molecule has 2 fully saturated rings. The number of hydrogen-bond donors (Lipinski definition) is 1. The third-order valence-corrected chi connectivity index (χ3v) is 5.00. The van der Waals surface area contributed by atoms with Crippen molar-refractivity contribution in [3.8, 4) is 0 Å². The van der Waals surface area contributed by atoms with E-state index >= 15 is 0 Å². The van der Waals surface area contributed by atoms with Crippen molar-refractivity contribution in [1.82, 2.24) is 24.7 Å². The van der Waals surface area contributed by atoms with E-state index in [1.807, 2.05) is 11.1 Å². The van der Waals surface area contributed by atoms with Crippen LogP contribution in [0.15, 0.2) is 12.4 Å². The van der Waals surface area contributed by atoms with Crippen molar-refractivity contribution in [3.63, 3.8) is 0 Å². The first-order valence-corrected chi connectivity index (χ1v) is 8.40. The minimum absolute atomic E-state index is 0.212. The number of carbonyl (C=O) groups excluding carboxylic acids is 1. The van der Waals surface area contributed by atoms with Gasteiger partial charge in [-0.3, -0.25) is 9.69 Å². The van der Waals surface area contributed by atoms with Crippen LogP contribution in [0.25, 0.3) is 0 Å². The summed E-state index contributed by atoms with van der Waals surface area (Å²) in [5, 5.41) is 0. The number of aromatic amines is 1. The van der Waals surface area contributed by atoms with Crippen LogP contribution >= 0.6 is 0 Å². The van der Waals surface area contributed by atoms with Gasteiger partial charge in [0.25, 0.3) is 0 Å². The monoisotopic (exact) mass is 321 g/mol. The van der Waals surface area contributed by atoms with Crippen molar-refractivity contribution < 1.29 is 9.53 Å². The van der Waals surface area contributed by atoms with Crippen LogP contribution in [0.2, 0.25) is 0 Å². The molecule has 1 aromatic heterocycles. The summed E-state index contributed by atoms with van der Waals surface area (Å²) in [7, 11) is 3.85. The Bertz CT molecular complexity index is 499. The molecule has 0 saturated carbocycles. The molecule has 7 nitrogen and oxygen atoms in total. The fourth-order valence-electron chi connectivity index (χ4n) is 3.48. The highest BCUT2D eigenvalue weighted by molar-refractivity contribution is 5.76. The van der Waals surface area contributed by atoms with E-state index in [1.165, 1.54) is 0 Å². The number of H-pyrrole nitrogens is 1. The number of nitrogens with zero attached hydrogens (tertiary/aromatic N) is 4. The maximum absolute atomic E-state index is 12.4. The molecule has 3 rings (SSSR count). The van der Waals surface area contributed by atoms with Crippen molar-refractivity contribution >= 4 is 5.91 Å². The van der Waals surface area contributed by atoms with Gasteiger partial charge in [0.05, 0.1) is 12.1 Å². The SMILES string of the molecule is CO[C@@H]1CC(c2ncc[nH]2)N(CCC(=O)N2CCN(C)CC2)C1. The number of nitrogens with one attached hydrogen (secondary N) is 1. The first-order valence-electron chi connectivity index (χ1n) is 8.40. The minimum Gasteiger partial charge on any atom is -0.380 e. The molecule has 0 bridgehead atoms. The summed E-state index contributed by atoms with van der Waals surface area (Å²) in [6.07, 6.45) is 5.33. The van der Waals surface area contributed by atoms with Gasteiger partial charge in [-0.25, -0.2) is 4.98 Å². The van der Waals surface area contributed by atoms with Gasteiger partial charge in [0, 0.05) is 65.2 Å². The van der Waals surface area contributed by atoms with Gasteiger partial charge in [0.1, 0.15) is 5.82 Å². The number of ether oxygens (including phenoxy) is 1. The first-order chi connectivity index (χ1) is 11.2. The Balaban J connectivity index is 1.54. The molecule has 0 radical (unpaired) electrons. The number of likely N-dealkylation sites (tertiary alicyclic amines) is 1. The van der Waals surface area contributed by atoms with Crippen molar-refractivity contribution in [2.45, 2.75) is 25.0 Å². The Kier molecular flexibility index (Phi) is 5.30. The second-order valence-corrected chi connectivity index (χ2v) is 6.51. The molecular formula is C16H27N5O2. The molecule has 23 heavy (non-hydrogen) atoms. The number of carbonyl (C=O) groups is 1. The summed E-state index contributed by atoms with van der Waals surface area (Å²) < 4.78 is 5.52. The summed E-state index contributed by atoms with van der Waals surface area (Å²) >= 11 is 0. The second kappa shape index (κ2) is 7.42. The van der Waals surface area contributed by atoms with Gasteiger partial charge in [-0.1, -0.05) is 0 Å². The fraction of sp³-hybridized carbons (Fsp3) is 0.750. The molecule has 0 spiro atoms. The Morgan fingerprint density at radius 2 is 2.17 bits per heavy atom. The standard InChI is InChI=1S/C16H27N5O2/c1-19-7-9-20(10-8-19)15(22)3-6-21-12-13(23-2)11-14(21)16-17-4-5-18-16/h4-5,13-14H,3,6-12H2,1-2H3,(H,17,18)/t13-,14?/m1/s1. The van der Waals surface area contributed by atoms with E-state index in [2.05, 4.69) is 26.8 Å².